The smallest absolute Gasteiger partial charge is 0.430 e. The highest BCUT2D eigenvalue weighted by Gasteiger charge is 2.37. The van der Waals surface area contributed by atoms with Crippen molar-refractivity contribution in [1.29, 1.82) is 0 Å². The van der Waals surface area contributed by atoms with Crippen molar-refractivity contribution in [3.63, 3.8) is 0 Å². The number of aromatic nitrogens is 2. The summed E-state index contributed by atoms with van der Waals surface area (Å²) in [5.41, 5.74) is 5.70. The van der Waals surface area contributed by atoms with Gasteiger partial charge in [0.1, 0.15) is 30.8 Å². The molecule has 2 aromatic heterocycles. The second kappa shape index (κ2) is 10.6. The number of pyridine rings is 2. The molecule has 0 spiro atoms. The van der Waals surface area contributed by atoms with Crippen LogP contribution < -0.4 is 10.8 Å². The van der Waals surface area contributed by atoms with Crippen LogP contribution in [0.2, 0.25) is 0 Å². The molecule has 3 heterocycles. The van der Waals surface area contributed by atoms with Crippen LogP contribution in [-0.2, 0) is 21.5 Å². The molecule has 32 heavy (non-hydrogen) atoms. The Morgan fingerprint density at radius 1 is 1.25 bits per heavy atom. The third kappa shape index (κ3) is 6.79. The van der Waals surface area contributed by atoms with Crippen molar-refractivity contribution in [2.24, 2.45) is 10.7 Å². The number of halogens is 5. The number of nitrogens with two attached hydrogens (primary N) is 1. The third-order valence-corrected chi connectivity index (χ3v) is 4.51. The van der Waals surface area contributed by atoms with Gasteiger partial charge < -0.3 is 20.4 Å². The van der Waals surface area contributed by atoms with Crippen LogP contribution in [0.1, 0.15) is 21.9 Å². The summed E-state index contributed by atoms with van der Waals surface area (Å²) in [5, 5.41) is 8.78. The number of carboxylic acid groups (broad SMARTS) is 1. The molecular weight excluding hydrogens is 504 g/mol. The van der Waals surface area contributed by atoms with Gasteiger partial charge in [-0.05, 0) is 40.2 Å². The molecule has 0 aliphatic carbocycles. The first-order valence-corrected chi connectivity index (χ1v) is 9.63. The number of carbonyl (C=O) groups is 2. The number of aliphatic carboxylic acids is 1. The molecule has 172 valence electrons. The second-order valence-electron chi connectivity index (χ2n) is 6.52. The highest BCUT2D eigenvalue weighted by Crippen LogP contribution is 2.28. The highest BCUT2D eigenvalue weighted by molar-refractivity contribution is 9.10. The molecule has 1 aliphatic rings. The summed E-state index contributed by atoms with van der Waals surface area (Å²) in [5.74, 6) is -2.95. The molecule has 0 bridgehead atoms. The number of nitrogens with zero attached hydrogens (tertiary/aromatic N) is 3. The number of rotatable bonds is 5. The number of ether oxygens (including phenoxy) is 1. The average molecular weight is 520 g/mol. The number of carbonyl (C=O) groups excluding carboxylic acids is 2. The normalized spacial score (nSPS) is 18.2. The number of aliphatic imine (C=N–C) groups is 1. The van der Waals surface area contributed by atoms with Crippen LogP contribution in [0, 0.1) is 0 Å². The lowest BCUT2D eigenvalue weighted by atomic mass is 9.96. The van der Waals surface area contributed by atoms with Crippen molar-refractivity contribution in [3.05, 3.63) is 58.1 Å². The van der Waals surface area contributed by atoms with Crippen LogP contribution in [0.3, 0.4) is 0 Å². The van der Waals surface area contributed by atoms with Gasteiger partial charge in [0.25, 0.3) is 0 Å². The van der Waals surface area contributed by atoms with Crippen molar-refractivity contribution in [3.8, 4) is 0 Å². The van der Waals surface area contributed by atoms with E-state index < -0.39 is 24.4 Å². The van der Waals surface area contributed by atoms with E-state index in [1.54, 1.807) is 36.5 Å². The minimum absolute atomic E-state index is 0.0584. The van der Waals surface area contributed by atoms with E-state index in [2.05, 4.69) is 30.9 Å². The summed E-state index contributed by atoms with van der Waals surface area (Å²) in [6.45, 7) is -0.551. The molecule has 0 saturated heterocycles. The minimum Gasteiger partial charge on any atom is -0.542 e. The zero-order valence-corrected chi connectivity index (χ0v) is 17.8. The Morgan fingerprint density at radius 2 is 1.94 bits per heavy atom. The average Bonchev–Trinajstić information content (AvgIpc) is 2.74. The van der Waals surface area contributed by atoms with Crippen LogP contribution in [0.4, 0.5) is 17.6 Å². The molecule has 0 radical (unpaired) electrons. The highest BCUT2D eigenvalue weighted by atomic mass is 79.9. The first-order valence-electron chi connectivity index (χ1n) is 8.84. The number of carboxylic acids is 1. The van der Waals surface area contributed by atoms with Crippen molar-refractivity contribution >= 4 is 33.5 Å². The van der Waals surface area contributed by atoms with Crippen molar-refractivity contribution in [2.75, 3.05) is 19.9 Å². The van der Waals surface area contributed by atoms with Gasteiger partial charge in [-0.2, -0.15) is 13.2 Å². The van der Waals surface area contributed by atoms with Crippen LogP contribution in [-0.4, -0.2) is 53.6 Å². The Balaban J connectivity index is 0.000000451. The van der Waals surface area contributed by atoms with E-state index in [1.807, 2.05) is 0 Å². The standard InChI is InChI=1S/C17H16BrFN4O2.C2HF3O2/c18-11-4-5-13(21-7-11)14(24)6-12-2-1-3-15(22-12)17(9-19)10-25-8-16(20)23-17;3-2(4,5)1(6)7/h1-5,7H,6,8-10H2,(H2,20,23);(H,6,7)/p-1. The molecule has 1 aliphatic heterocycles. The summed E-state index contributed by atoms with van der Waals surface area (Å²) in [6, 6.07) is 8.48. The lowest BCUT2D eigenvalue weighted by Gasteiger charge is -2.30. The van der Waals surface area contributed by atoms with Crippen LogP contribution in [0.25, 0.3) is 0 Å². The minimum atomic E-state index is -5.19. The monoisotopic (exact) mass is 519 g/mol. The predicted octanol–water partition coefficient (Wildman–Crippen LogP) is 1.52. The van der Waals surface area contributed by atoms with Gasteiger partial charge in [-0.3, -0.25) is 19.8 Å². The van der Waals surface area contributed by atoms with Gasteiger partial charge in [0, 0.05) is 16.4 Å². The topological polar surface area (TPSA) is 131 Å². The Bertz CT molecular complexity index is 1000. The van der Waals surface area contributed by atoms with Crippen LogP contribution in [0.15, 0.2) is 46.0 Å². The summed E-state index contributed by atoms with van der Waals surface area (Å²) < 4.78 is 51.4. The summed E-state index contributed by atoms with van der Waals surface area (Å²) >= 11 is 3.28. The molecule has 0 saturated carbocycles. The van der Waals surface area contributed by atoms with Gasteiger partial charge in [-0.25, -0.2) is 4.39 Å². The van der Waals surface area contributed by atoms with Gasteiger partial charge in [0.15, 0.2) is 11.3 Å². The Labute approximate surface area is 187 Å². The fourth-order valence-electron chi connectivity index (χ4n) is 2.57. The maximum absolute atomic E-state index is 13.7. The van der Waals surface area contributed by atoms with E-state index in [1.165, 1.54) is 0 Å². The second-order valence-corrected chi connectivity index (χ2v) is 7.44. The molecular formula is C19H16BrF4N4O4-. The van der Waals surface area contributed by atoms with E-state index in [9.17, 15) is 22.4 Å². The van der Waals surface area contributed by atoms with E-state index >= 15 is 0 Å². The molecule has 0 fully saturated rings. The zero-order chi connectivity index (χ0) is 23.9. The van der Waals surface area contributed by atoms with Gasteiger partial charge in [0.05, 0.1) is 18.7 Å². The van der Waals surface area contributed by atoms with Gasteiger partial charge >= 0.3 is 6.18 Å². The van der Waals surface area contributed by atoms with E-state index in [-0.39, 0.29) is 31.3 Å². The largest absolute Gasteiger partial charge is 0.542 e. The Kier molecular flexibility index (Phi) is 8.38. The van der Waals surface area contributed by atoms with Crippen molar-refractivity contribution in [2.45, 2.75) is 18.1 Å². The van der Waals surface area contributed by atoms with E-state index in [0.29, 0.717) is 17.1 Å². The molecule has 8 nitrogen and oxygen atoms in total. The van der Waals surface area contributed by atoms with E-state index in [4.69, 9.17) is 20.4 Å². The molecule has 2 N–H and O–H groups in total. The van der Waals surface area contributed by atoms with Gasteiger partial charge in [-0.1, -0.05) is 6.07 Å². The maximum atomic E-state index is 13.7. The molecule has 3 rings (SSSR count). The fourth-order valence-corrected chi connectivity index (χ4v) is 2.80. The first-order chi connectivity index (χ1) is 15.0. The zero-order valence-electron chi connectivity index (χ0n) is 16.2. The van der Waals surface area contributed by atoms with Crippen LogP contribution >= 0.6 is 15.9 Å². The number of hydrogen-bond donors (Lipinski definition) is 1. The fraction of sp³-hybridized carbons (Fsp3) is 0.316. The first kappa shape index (κ1) is 25.3. The lowest BCUT2D eigenvalue weighted by Crippen LogP contribution is -2.42. The van der Waals surface area contributed by atoms with Gasteiger partial charge in [0.2, 0.25) is 0 Å². The molecule has 1 atom stereocenters. The number of ketones is 1. The van der Waals surface area contributed by atoms with Crippen molar-refractivity contribution < 1.29 is 37.0 Å². The summed E-state index contributed by atoms with van der Waals surface area (Å²) in [6.07, 6.45) is -3.57. The number of Topliss-reactive ketones (excluding diaryl/α,β-unsaturated/α-hetero) is 1. The Morgan fingerprint density at radius 3 is 2.47 bits per heavy atom. The predicted molar refractivity (Wildman–Crippen MR) is 105 cm³/mol. The summed E-state index contributed by atoms with van der Waals surface area (Å²) in [4.78, 5) is 33.9. The SMILES string of the molecule is NC1=NC(CF)(c2cccc(CC(=O)c3ccc(Br)cn3)n2)COC1.O=C([O-])C(F)(F)F. The number of hydrogen-bond acceptors (Lipinski definition) is 8. The lowest BCUT2D eigenvalue weighted by molar-refractivity contribution is -0.344. The molecule has 2 aromatic rings. The molecule has 0 amide bonds. The molecule has 0 aromatic carbocycles. The molecule has 13 heteroatoms. The molecule has 1 unspecified atom stereocenters. The number of amidine groups is 1. The maximum Gasteiger partial charge on any atom is 0.430 e. The summed E-state index contributed by atoms with van der Waals surface area (Å²) in [7, 11) is 0. The van der Waals surface area contributed by atoms with E-state index in [0.717, 1.165) is 4.47 Å². The van der Waals surface area contributed by atoms with Gasteiger partial charge in [-0.15, -0.1) is 0 Å². The van der Waals surface area contributed by atoms with Crippen molar-refractivity contribution in [1.82, 2.24) is 9.97 Å². The quantitative estimate of drug-likeness (QED) is 0.467. The number of alkyl halides is 4. The third-order valence-electron chi connectivity index (χ3n) is 4.04. The van der Waals surface area contributed by atoms with Crippen LogP contribution in [0.5, 0.6) is 0 Å². The Hall–Kier alpha value is -2.93.